The molecular formula is C11H17N3O2. The number of pyridine rings is 1. The molecule has 5 nitrogen and oxygen atoms in total. The van der Waals surface area contributed by atoms with Crippen molar-refractivity contribution in [3.63, 3.8) is 0 Å². The molecule has 1 rings (SSSR count). The predicted octanol–water partition coefficient (Wildman–Crippen LogP) is 0.783. The predicted molar refractivity (Wildman–Crippen MR) is 60.6 cm³/mol. The highest BCUT2D eigenvalue weighted by Gasteiger charge is 2.23. The zero-order valence-electron chi connectivity index (χ0n) is 9.73. The van der Waals surface area contributed by atoms with Crippen molar-refractivity contribution in [1.82, 2.24) is 10.4 Å². The van der Waals surface area contributed by atoms with E-state index in [1.807, 2.05) is 26.8 Å². The van der Waals surface area contributed by atoms with Crippen LogP contribution in [0.15, 0.2) is 18.3 Å². The molecule has 0 saturated carbocycles. The Morgan fingerprint density at radius 2 is 2.19 bits per heavy atom. The van der Waals surface area contributed by atoms with Crippen LogP contribution in [-0.2, 0) is 4.79 Å². The number of carbonyl (C=O) groups excluding carboxylic acids is 1. The molecule has 0 fully saturated rings. The van der Waals surface area contributed by atoms with Crippen LogP contribution in [0.4, 0.5) is 0 Å². The first kappa shape index (κ1) is 12.4. The smallest absolute Gasteiger partial charge is 0.275 e. The largest absolute Gasteiger partial charge is 0.479 e. The van der Waals surface area contributed by atoms with Crippen LogP contribution >= 0.6 is 0 Å². The standard InChI is InChI=1S/C11H17N3O2/c1-7(2)10(11(15)14-12)16-9-5-4-8(3)13-6-9/h4-7,10H,12H2,1-3H3,(H,14,15). The minimum absolute atomic E-state index is 0.0323. The van der Waals surface area contributed by atoms with E-state index in [1.54, 1.807) is 12.3 Å². The molecule has 1 heterocycles. The van der Waals surface area contributed by atoms with Gasteiger partial charge in [0.05, 0.1) is 6.20 Å². The molecule has 16 heavy (non-hydrogen) atoms. The Morgan fingerprint density at radius 3 is 2.62 bits per heavy atom. The van der Waals surface area contributed by atoms with Crippen LogP contribution in [0, 0.1) is 12.8 Å². The van der Waals surface area contributed by atoms with Gasteiger partial charge in [0.15, 0.2) is 6.10 Å². The summed E-state index contributed by atoms with van der Waals surface area (Å²) in [6.07, 6.45) is 0.989. The zero-order chi connectivity index (χ0) is 12.1. The van der Waals surface area contributed by atoms with Gasteiger partial charge in [0.2, 0.25) is 0 Å². The Morgan fingerprint density at radius 1 is 1.50 bits per heavy atom. The second-order valence-corrected chi connectivity index (χ2v) is 3.93. The fourth-order valence-electron chi connectivity index (χ4n) is 1.25. The van der Waals surface area contributed by atoms with Gasteiger partial charge in [0.25, 0.3) is 5.91 Å². The lowest BCUT2D eigenvalue weighted by Gasteiger charge is -2.20. The summed E-state index contributed by atoms with van der Waals surface area (Å²) in [5.41, 5.74) is 2.99. The van der Waals surface area contributed by atoms with Crippen molar-refractivity contribution in [3.8, 4) is 5.75 Å². The number of rotatable bonds is 4. The van der Waals surface area contributed by atoms with Crippen molar-refractivity contribution in [2.24, 2.45) is 11.8 Å². The third-order valence-corrected chi connectivity index (χ3v) is 2.15. The molecule has 1 unspecified atom stereocenters. The third-order valence-electron chi connectivity index (χ3n) is 2.15. The molecule has 0 aliphatic rings. The van der Waals surface area contributed by atoms with Crippen LogP contribution in [-0.4, -0.2) is 17.0 Å². The van der Waals surface area contributed by atoms with Gasteiger partial charge in [-0.25, -0.2) is 5.84 Å². The second kappa shape index (κ2) is 5.46. The SMILES string of the molecule is Cc1ccc(OC(C(=O)NN)C(C)C)cn1. The normalized spacial score (nSPS) is 12.3. The van der Waals surface area contributed by atoms with E-state index < -0.39 is 6.10 Å². The average molecular weight is 223 g/mol. The molecular weight excluding hydrogens is 206 g/mol. The van der Waals surface area contributed by atoms with Crippen molar-refractivity contribution >= 4 is 5.91 Å². The Bertz CT molecular complexity index is 349. The molecule has 1 atom stereocenters. The maximum atomic E-state index is 11.4. The number of aryl methyl sites for hydroxylation is 1. The van der Waals surface area contributed by atoms with Gasteiger partial charge >= 0.3 is 0 Å². The number of hydrogen-bond acceptors (Lipinski definition) is 4. The maximum Gasteiger partial charge on any atom is 0.275 e. The minimum atomic E-state index is -0.602. The number of aromatic nitrogens is 1. The van der Waals surface area contributed by atoms with Gasteiger partial charge in [-0.05, 0) is 25.0 Å². The number of carbonyl (C=O) groups is 1. The van der Waals surface area contributed by atoms with Crippen LogP contribution < -0.4 is 16.0 Å². The van der Waals surface area contributed by atoms with Crippen LogP contribution in [0.2, 0.25) is 0 Å². The van der Waals surface area contributed by atoms with E-state index >= 15 is 0 Å². The first-order chi connectivity index (χ1) is 7.54. The van der Waals surface area contributed by atoms with E-state index in [0.29, 0.717) is 5.75 Å². The Labute approximate surface area is 95.0 Å². The van der Waals surface area contributed by atoms with E-state index in [-0.39, 0.29) is 11.8 Å². The summed E-state index contributed by atoms with van der Waals surface area (Å²) in [6, 6.07) is 3.61. The first-order valence-corrected chi connectivity index (χ1v) is 5.14. The Kier molecular flexibility index (Phi) is 4.25. The Balaban J connectivity index is 2.75. The third kappa shape index (κ3) is 3.20. The van der Waals surface area contributed by atoms with Crippen LogP contribution in [0.5, 0.6) is 5.75 Å². The summed E-state index contributed by atoms with van der Waals surface area (Å²) in [4.78, 5) is 15.5. The van der Waals surface area contributed by atoms with Gasteiger partial charge in [-0.3, -0.25) is 15.2 Å². The van der Waals surface area contributed by atoms with E-state index in [4.69, 9.17) is 10.6 Å². The molecule has 0 saturated heterocycles. The first-order valence-electron chi connectivity index (χ1n) is 5.14. The highest BCUT2D eigenvalue weighted by atomic mass is 16.5. The lowest BCUT2D eigenvalue weighted by atomic mass is 10.1. The lowest BCUT2D eigenvalue weighted by molar-refractivity contribution is -0.129. The summed E-state index contributed by atoms with van der Waals surface area (Å²) >= 11 is 0. The van der Waals surface area contributed by atoms with Crippen molar-refractivity contribution in [2.45, 2.75) is 26.9 Å². The highest BCUT2D eigenvalue weighted by molar-refractivity contribution is 5.80. The topological polar surface area (TPSA) is 77.2 Å². The zero-order valence-corrected chi connectivity index (χ0v) is 9.73. The fourth-order valence-corrected chi connectivity index (χ4v) is 1.25. The summed E-state index contributed by atoms with van der Waals surface area (Å²) in [6.45, 7) is 5.67. The van der Waals surface area contributed by atoms with E-state index in [9.17, 15) is 4.79 Å². The molecule has 0 aliphatic heterocycles. The minimum Gasteiger partial charge on any atom is -0.479 e. The quantitative estimate of drug-likeness (QED) is 0.449. The number of nitrogens with zero attached hydrogens (tertiary/aromatic N) is 1. The molecule has 0 aliphatic carbocycles. The highest BCUT2D eigenvalue weighted by Crippen LogP contribution is 2.15. The van der Waals surface area contributed by atoms with Crippen molar-refractivity contribution in [2.75, 3.05) is 0 Å². The van der Waals surface area contributed by atoms with Crippen molar-refractivity contribution in [1.29, 1.82) is 0 Å². The van der Waals surface area contributed by atoms with Gasteiger partial charge in [-0.2, -0.15) is 0 Å². The molecule has 0 radical (unpaired) electrons. The molecule has 0 aromatic carbocycles. The summed E-state index contributed by atoms with van der Waals surface area (Å²) in [7, 11) is 0. The van der Waals surface area contributed by atoms with Gasteiger partial charge in [0, 0.05) is 5.69 Å². The van der Waals surface area contributed by atoms with Gasteiger partial charge < -0.3 is 4.74 Å². The molecule has 1 amide bonds. The molecule has 0 bridgehead atoms. The number of hydrazine groups is 1. The van der Waals surface area contributed by atoms with Gasteiger partial charge in [-0.1, -0.05) is 13.8 Å². The van der Waals surface area contributed by atoms with Crippen LogP contribution in [0.3, 0.4) is 0 Å². The van der Waals surface area contributed by atoms with E-state index in [0.717, 1.165) is 5.69 Å². The van der Waals surface area contributed by atoms with Crippen LogP contribution in [0.25, 0.3) is 0 Å². The fraction of sp³-hybridized carbons (Fsp3) is 0.455. The maximum absolute atomic E-state index is 11.4. The monoisotopic (exact) mass is 223 g/mol. The molecule has 3 N–H and O–H groups in total. The molecule has 1 aromatic heterocycles. The lowest BCUT2D eigenvalue weighted by Crippen LogP contribution is -2.44. The molecule has 0 spiro atoms. The van der Waals surface area contributed by atoms with Crippen molar-refractivity contribution in [3.05, 3.63) is 24.0 Å². The summed E-state index contributed by atoms with van der Waals surface area (Å²) < 4.78 is 5.53. The molecule has 5 heteroatoms. The van der Waals surface area contributed by atoms with Crippen LogP contribution in [0.1, 0.15) is 19.5 Å². The van der Waals surface area contributed by atoms with Gasteiger partial charge in [0.1, 0.15) is 5.75 Å². The summed E-state index contributed by atoms with van der Waals surface area (Å²) in [5, 5.41) is 0. The average Bonchev–Trinajstić information content (AvgIpc) is 2.27. The second-order valence-electron chi connectivity index (χ2n) is 3.93. The van der Waals surface area contributed by atoms with Crippen molar-refractivity contribution < 1.29 is 9.53 Å². The molecule has 88 valence electrons. The number of ether oxygens (including phenoxy) is 1. The van der Waals surface area contributed by atoms with E-state index in [2.05, 4.69) is 10.4 Å². The van der Waals surface area contributed by atoms with E-state index in [1.165, 1.54) is 0 Å². The number of nitrogens with two attached hydrogens (primary N) is 1. The Hall–Kier alpha value is -1.62. The summed E-state index contributed by atoms with van der Waals surface area (Å²) in [5.74, 6) is 5.35. The molecule has 1 aromatic rings. The van der Waals surface area contributed by atoms with Gasteiger partial charge in [-0.15, -0.1) is 0 Å². The number of hydrogen-bond donors (Lipinski definition) is 2. The number of amides is 1. The number of nitrogens with one attached hydrogen (secondary N) is 1.